The first-order valence-corrected chi connectivity index (χ1v) is 7.65. The fourth-order valence-electron chi connectivity index (χ4n) is 2.39. The Morgan fingerprint density at radius 2 is 1.80 bits per heavy atom. The average molecular weight is 327 g/mol. The molecular weight excluding hydrogens is 314 g/mol. The second-order valence-corrected chi connectivity index (χ2v) is 5.18. The summed E-state index contributed by atoms with van der Waals surface area (Å²) in [6, 6.07) is 13.3. The van der Waals surface area contributed by atoms with Gasteiger partial charge in [0.1, 0.15) is 18.3 Å². The van der Waals surface area contributed by atoms with Crippen molar-refractivity contribution in [3.63, 3.8) is 0 Å². The summed E-state index contributed by atoms with van der Waals surface area (Å²) in [5, 5.41) is 2.47. The maximum atomic E-state index is 5.57. The molecular formula is C19H13N5O. The van der Waals surface area contributed by atoms with Crippen molar-refractivity contribution in [2.75, 3.05) is 0 Å². The van der Waals surface area contributed by atoms with E-state index in [1.807, 2.05) is 42.5 Å². The first kappa shape index (κ1) is 14.9. The van der Waals surface area contributed by atoms with E-state index in [4.69, 9.17) is 9.73 Å². The van der Waals surface area contributed by atoms with Crippen LogP contribution in [-0.2, 0) is 0 Å². The van der Waals surface area contributed by atoms with Gasteiger partial charge in [0, 0.05) is 29.2 Å². The fraction of sp³-hybridized carbons (Fsp3) is 0. The molecule has 3 aromatic rings. The van der Waals surface area contributed by atoms with Crippen LogP contribution in [0.3, 0.4) is 0 Å². The van der Waals surface area contributed by atoms with Crippen LogP contribution in [-0.4, -0.2) is 22.4 Å². The maximum absolute atomic E-state index is 5.57. The number of hydrogen-bond acceptors (Lipinski definition) is 6. The fourth-order valence-corrected chi connectivity index (χ4v) is 2.39. The van der Waals surface area contributed by atoms with Gasteiger partial charge >= 0.3 is 0 Å². The minimum absolute atomic E-state index is 0.579. The van der Waals surface area contributed by atoms with Crippen molar-refractivity contribution in [2.45, 2.75) is 0 Å². The van der Waals surface area contributed by atoms with Crippen LogP contribution in [0.4, 0.5) is 5.82 Å². The van der Waals surface area contributed by atoms with Gasteiger partial charge in [0.05, 0.1) is 17.1 Å². The number of fused-ring (bicyclic) bond motifs is 2. The van der Waals surface area contributed by atoms with Crippen molar-refractivity contribution in [2.24, 2.45) is 15.0 Å². The molecule has 2 bridgehead atoms. The number of benzene rings is 2. The number of aliphatic imine (C=N–C) groups is 2. The zero-order chi connectivity index (χ0) is 16.9. The molecule has 2 heterocycles. The SMILES string of the molecule is C1=C\Oc2ccc3ncnc(c3c2)/N=c2/cccc/c2=C/N=C\C=N/1. The van der Waals surface area contributed by atoms with E-state index in [0.717, 1.165) is 21.5 Å². The standard InChI is InChI=1S/C19H13N5O/c1-2-4-17-14(3-1)12-21-8-7-20-9-10-25-15-5-6-18-16(11-15)19(24-17)23-13-22-18/h1-13H/b10-9-,14-12-,20-7-,21-8-,24-17-. The molecule has 0 radical (unpaired) electrons. The van der Waals surface area contributed by atoms with Gasteiger partial charge in [0.2, 0.25) is 0 Å². The molecule has 25 heavy (non-hydrogen) atoms. The molecule has 0 amide bonds. The Kier molecular flexibility index (Phi) is 4.07. The maximum Gasteiger partial charge on any atom is 0.163 e. The van der Waals surface area contributed by atoms with Gasteiger partial charge in [-0.05, 0) is 24.3 Å². The van der Waals surface area contributed by atoms with E-state index in [1.165, 1.54) is 12.6 Å². The monoisotopic (exact) mass is 327 g/mol. The van der Waals surface area contributed by atoms with E-state index in [0.29, 0.717) is 11.6 Å². The molecule has 0 saturated heterocycles. The Balaban J connectivity index is 2.02. The van der Waals surface area contributed by atoms with Gasteiger partial charge in [0.15, 0.2) is 5.82 Å². The molecule has 4 rings (SSSR count). The molecule has 0 atom stereocenters. The molecule has 0 N–H and O–H groups in total. The summed E-state index contributed by atoms with van der Waals surface area (Å²) in [5.41, 5.74) is 0.798. The van der Waals surface area contributed by atoms with Crippen LogP contribution in [0, 0.1) is 0 Å². The third kappa shape index (κ3) is 3.32. The number of para-hydroxylation sites is 1. The summed E-state index contributed by atoms with van der Waals surface area (Å²) in [7, 11) is 0. The van der Waals surface area contributed by atoms with E-state index in [-0.39, 0.29) is 0 Å². The topological polar surface area (TPSA) is 72.1 Å². The molecule has 2 aromatic carbocycles. The zero-order valence-electron chi connectivity index (χ0n) is 13.1. The van der Waals surface area contributed by atoms with Gasteiger partial charge in [-0.1, -0.05) is 18.2 Å². The van der Waals surface area contributed by atoms with Crippen LogP contribution < -0.4 is 15.3 Å². The molecule has 1 aliphatic heterocycles. The van der Waals surface area contributed by atoms with E-state index in [2.05, 4.69) is 20.0 Å². The lowest BCUT2D eigenvalue weighted by Crippen LogP contribution is -2.23. The van der Waals surface area contributed by atoms with Crippen molar-refractivity contribution in [1.29, 1.82) is 0 Å². The Labute approximate surface area is 143 Å². The van der Waals surface area contributed by atoms with Gasteiger partial charge in [-0.3, -0.25) is 9.98 Å². The normalized spacial score (nSPS) is 19.8. The lowest BCUT2D eigenvalue weighted by Gasteiger charge is -2.04. The first-order valence-electron chi connectivity index (χ1n) is 7.65. The van der Waals surface area contributed by atoms with Crippen LogP contribution in [0.25, 0.3) is 17.1 Å². The smallest absolute Gasteiger partial charge is 0.163 e. The van der Waals surface area contributed by atoms with E-state index in [9.17, 15) is 0 Å². The minimum Gasteiger partial charge on any atom is -0.463 e. The Bertz CT molecular complexity index is 1130. The molecule has 0 saturated carbocycles. The first-order chi connectivity index (χ1) is 12.4. The molecule has 1 aliphatic rings. The quantitative estimate of drug-likeness (QED) is 0.636. The second-order valence-electron chi connectivity index (χ2n) is 5.18. The van der Waals surface area contributed by atoms with Crippen LogP contribution in [0.5, 0.6) is 5.75 Å². The Hall–Kier alpha value is -3.67. The summed E-state index contributed by atoms with van der Waals surface area (Å²) >= 11 is 0. The van der Waals surface area contributed by atoms with Crippen molar-refractivity contribution >= 4 is 35.3 Å². The molecule has 1 aromatic heterocycles. The van der Waals surface area contributed by atoms with Crippen molar-refractivity contribution in [3.05, 3.63) is 71.8 Å². The van der Waals surface area contributed by atoms with Crippen LogP contribution in [0.1, 0.15) is 0 Å². The Morgan fingerprint density at radius 1 is 0.880 bits per heavy atom. The number of hydrogen-bond donors (Lipinski definition) is 0. The summed E-state index contributed by atoms with van der Waals surface area (Å²) in [5.74, 6) is 1.24. The van der Waals surface area contributed by atoms with Crippen LogP contribution in [0.15, 0.2) is 76.2 Å². The average Bonchev–Trinajstić information content (AvgIpc) is 2.65. The summed E-state index contributed by atoms with van der Waals surface area (Å²) in [4.78, 5) is 21.6. The zero-order valence-corrected chi connectivity index (χ0v) is 13.1. The molecule has 120 valence electrons. The van der Waals surface area contributed by atoms with Gasteiger partial charge in [-0.25, -0.2) is 15.0 Å². The minimum atomic E-state index is 0.579. The van der Waals surface area contributed by atoms with E-state index >= 15 is 0 Å². The van der Waals surface area contributed by atoms with Gasteiger partial charge in [-0.2, -0.15) is 0 Å². The van der Waals surface area contributed by atoms with Gasteiger partial charge in [0.25, 0.3) is 0 Å². The van der Waals surface area contributed by atoms with Crippen molar-refractivity contribution in [3.8, 4) is 5.75 Å². The largest absolute Gasteiger partial charge is 0.463 e. The Morgan fingerprint density at radius 3 is 2.80 bits per heavy atom. The van der Waals surface area contributed by atoms with E-state index < -0.39 is 0 Å². The number of rotatable bonds is 0. The van der Waals surface area contributed by atoms with Crippen LogP contribution >= 0.6 is 0 Å². The second kappa shape index (κ2) is 6.84. The highest BCUT2D eigenvalue weighted by Gasteiger charge is 2.04. The highest BCUT2D eigenvalue weighted by atomic mass is 16.5. The third-order valence-corrected chi connectivity index (χ3v) is 3.55. The van der Waals surface area contributed by atoms with E-state index in [1.54, 1.807) is 24.8 Å². The van der Waals surface area contributed by atoms with Gasteiger partial charge < -0.3 is 4.74 Å². The number of ether oxygens (including phenoxy) is 1. The number of aromatic nitrogens is 2. The van der Waals surface area contributed by atoms with Crippen molar-refractivity contribution in [1.82, 2.24) is 9.97 Å². The molecule has 0 fully saturated rings. The lowest BCUT2D eigenvalue weighted by molar-refractivity contribution is 0.480. The highest BCUT2D eigenvalue weighted by Crippen LogP contribution is 2.25. The molecule has 0 aliphatic carbocycles. The lowest BCUT2D eigenvalue weighted by atomic mass is 10.2. The number of nitrogens with zero attached hydrogens (tertiary/aromatic N) is 5. The van der Waals surface area contributed by atoms with Crippen LogP contribution in [0.2, 0.25) is 0 Å². The summed E-state index contributed by atoms with van der Waals surface area (Å²) in [6.07, 6.45) is 9.48. The highest BCUT2D eigenvalue weighted by molar-refractivity contribution is 6.16. The predicted molar refractivity (Wildman–Crippen MR) is 97.6 cm³/mol. The summed E-state index contributed by atoms with van der Waals surface area (Å²) < 4.78 is 5.57. The summed E-state index contributed by atoms with van der Waals surface area (Å²) in [6.45, 7) is 0. The molecule has 0 unspecified atom stereocenters. The molecule has 0 spiro atoms. The predicted octanol–water partition coefficient (Wildman–Crippen LogP) is 2.32. The third-order valence-electron chi connectivity index (χ3n) is 3.55. The molecule has 6 nitrogen and oxygen atoms in total. The molecule has 6 heteroatoms. The van der Waals surface area contributed by atoms with Crippen molar-refractivity contribution < 1.29 is 4.74 Å². The van der Waals surface area contributed by atoms with Gasteiger partial charge in [-0.15, -0.1) is 0 Å².